The Balaban J connectivity index is 1.92. The van der Waals surface area contributed by atoms with Crippen LogP contribution in [0.15, 0.2) is 0 Å². The van der Waals surface area contributed by atoms with Gasteiger partial charge in [0.2, 0.25) is 0 Å². The lowest BCUT2D eigenvalue weighted by molar-refractivity contribution is -0.0263. The highest BCUT2D eigenvalue weighted by molar-refractivity contribution is 4.90. The van der Waals surface area contributed by atoms with Crippen LogP contribution in [0.2, 0.25) is 0 Å². The van der Waals surface area contributed by atoms with E-state index in [2.05, 4.69) is 10.2 Å². The third-order valence-electron chi connectivity index (χ3n) is 3.13. The smallest absolute Gasteiger partial charge is 0.105 e. The van der Waals surface area contributed by atoms with Crippen molar-refractivity contribution in [1.29, 1.82) is 0 Å². The van der Waals surface area contributed by atoms with Crippen molar-refractivity contribution in [1.82, 2.24) is 10.2 Å². The minimum absolute atomic E-state index is 0.254. The van der Waals surface area contributed by atoms with Gasteiger partial charge >= 0.3 is 0 Å². The predicted molar refractivity (Wildman–Crippen MR) is 52.4 cm³/mol. The van der Waals surface area contributed by atoms with Crippen LogP contribution in [0.25, 0.3) is 0 Å². The van der Waals surface area contributed by atoms with Crippen molar-refractivity contribution in [2.24, 2.45) is 0 Å². The van der Waals surface area contributed by atoms with Gasteiger partial charge in [-0.25, -0.2) is 0 Å². The summed E-state index contributed by atoms with van der Waals surface area (Å²) in [5.41, 5.74) is 0. The molecule has 13 heavy (non-hydrogen) atoms. The lowest BCUT2D eigenvalue weighted by Crippen LogP contribution is -2.48. The number of hydrogen-bond acceptors (Lipinski definition) is 3. The van der Waals surface area contributed by atoms with Gasteiger partial charge in [-0.05, 0) is 45.7 Å². The van der Waals surface area contributed by atoms with E-state index in [0.29, 0.717) is 12.1 Å². The molecule has 3 heteroatoms. The Morgan fingerprint density at radius 2 is 1.69 bits per heavy atom. The van der Waals surface area contributed by atoms with Crippen molar-refractivity contribution in [2.75, 3.05) is 13.1 Å². The van der Waals surface area contributed by atoms with Crippen molar-refractivity contribution in [2.45, 2.75) is 50.9 Å². The van der Waals surface area contributed by atoms with E-state index in [-0.39, 0.29) is 6.23 Å². The average Bonchev–Trinajstić information content (AvgIpc) is 2.90. The number of nitrogens with one attached hydrogen (secondary N) is 1. The molecule has 0 bridgehead atoms. The number of aliphatic hydroxyl groups is 1. The van der Waals surface area contributed by atoms with Crippen LogP contribution < -0.4 is 5.32 Å². The van der Waals surface area contributed by atoms with Crippen molar-refractivity contribution in [3.63, 3.8) is 0 Å². The molecule has 2 aliphatic rings. The monoisotopic (exact) mass is 184 g/mol. The molecule has 3 nitrogen and oxygen atoms in total. The Morgan fingerprint density at radius 3 is 2.15 bits per heavy atom. The number of aliphatic hydroxyl groups excluding tert-OH is 1. The van der Waals surface area contributed by atoms with Crippen LogP contribution in [0.1, 0.15) is 32.6 Å². The van der Waals surface area contributed by atoms with Crippen LogP contribution in [-0.2, 0) is 0 Å². The molecular weight excluding hydrogens is 164 g/mol. The zero-order valence-corrected chi connectivity index (χ0v) is 8.37. The fourth-order valence-electron chi connectivity index (χ4n) is 2.39. The fraction of sp³-hybridized carbons (Fsp3) is 1.00. The molecule has 0 aromatic rings. The Bertz CT molecular complexity index is 160. The van der Waals surface area contributed by atoms with E-state index in [1.165, 1.54) is 25.7 Å². The summed E-state index contributed by atoms with van der Waals surface area (Å²) in [6.07, 6.45) is 4.71. The molecule has 76 valence electrons. The van der Waals surface area contributed by atoms with Crippen molar-refractivity contribution in [3.8, 4) is 0 Å². The number of piperidine rings is 1. The lowest BCUT2D eigenvalue weighted by Gasteiger charge is -2.36. The van der Waals surface area contributed by atoms with E-state index >= 15 is 0 Å². The van der Waals surface area contributed by atoms with Crippen molar-refractivity contribution >= 4 is 0 Å². The molecule has 1 aliphatic carbocycles. The van der Waals surface area contributed by atoms with Gasteiger partial charge in [0.15, 0.2) is 0 Å². The molecule has 2 N–H and O–H groups in total. The minimum atomic E-state index is -0.254. The first-order chi connectivity index (χ1) is 6.29. The second kappa shape index (κ2) is 3.95. The van der Waals surface area contributed by atoms with Gasteiger partial charge in [-0.3, -0.25) is 4.90 Å². The van der Waals surface area contributed by atoms with Gasteiger partial charge in [-0.15, -0.1) is 0 Å². The molecule has 2 rings (SSSR count). The summed E-state index contributed by atoms with van der Waals surface area (Å²) >= 11 is 0. The van der Waals surface area contributed by atoms with E-state index in [9.17, 15) is 5.11 Å². The van der Waals surface area contributed by atoms with Gasteiger partial charge in [0.25, 0.3) is 0 Å². The SMILES string of the molecule is CC(O)N(C1CCNCC1)C1CC1. The molecule has 1 saturated heterocycles. The topological polar surface area (TPSA) is 35.5 Å². The van der Waals surface area contributed by atoms with Gasteiger partial charge in [-0.2, -0.15) is 0 Å². The van der Waals surface area contributed by atoms with E-state index in [0.717, 1.165) is 13.1 Å². The lowest BCUT2D eigenvalue weighted by atomic mass is 10.0. The molecule has 0 radical (unpaired) electrons. The van der Waals surface area contributed by atoms with Crippen LogP contribution in [0.5, 0.6) is 0 Å². The molecule has 1 atom stereocenters. The maximum Gasteiger partial charge on any atom is 0.105 e. The molecular formula is C10H20N2O. The second-order valence-electron chi connectivity index (χ2n) is 4.29. The molecule has 1 heterocycles. The van der Waals surface area contributed by atoms with Crippen LogP contribution in [0, 0.1) is 0 Å². The third kappa shape index (κ3) is 2.22. The van der Waals surface area contributed by atoms with Gasteiger partial charge in [-0.1, -0.05) is 0 Å². The van der Waals surface area contributed by atoms with E-state index in [1.807, 2.05) is 6.92 Å². The third-order valence-corrected chi connectivity index (χ3v) is 3.13. The normalized spacial score (nSPS) is 27.9. The summed E-state index contributed by atoms with van der Waals surface area (Å²) in [5, 5.41) is 13.0. The van der Waals surface area contributed by atoms with Crippen LogP contribution in [0.4, 0.5) is 0 Å². The molecule has 2 fully saturated rings. The van der Waals surface area contributed by atoms with Crippen LogP contribution in [-0.4, -0.2) is 41.4 Å². The second-order valence-corrected chi connectivity index (χ2v) is 4.29. The molecule has 1 saturated carbocycles. The molecule has 1 aliphatic heterocycles. The summed E-state index contributed by atoms with van der Waals surface area (Å²) in [5.74, 6) is 0. The van der Waals surface area contributed by atoms with E-state index in [4.69, 9.17) is 0 Å². The van der Waals surface area contributed by atoms with Crippen molar-refractivity contribution in [3.05, 3.63) is 0 Å². The average molecular weight is 184 g/mol. The summed E-state index contributed by atoms with van der Waals surface area (Å²) in [4.78, 5) is 2.32. The number of nitrogens with zero attached hydrogens (tertiary/aromatic N) is 1. The fourth-order valence-corrected chi connectivity index (χ4v) is 2.39. The first kappa shape index (κ1) is 9.44. The molecule has 0 aromatic carbocycles. The van der Waals surface area contributed by atoms with Crippen molar-refractivity contribution < 1.29 is 5.11 Å². The molecule has 0 amide bonds. The molecule has 1 unspecified atom stereocenters. The highest BCUT2D eigenvalue weighted by atomic mass is 16.3. The Morgan fingerprint density at radius 1 is 1.15 bits per heavy atom. The highest BCUT2D eigenvalue weighted by Gasteiger charge is 2.36. The summed E-state index contributed by atoms with van der Waals surface area (Å²) in [6, 6.07) is 1.30. The summed E-state index contributed by atoms with van der Waals surface area (Å²) in [7, 11) is 0. The van der Waals surface area contributed by atoms with Crippen LogP contribution in [0.3, 0.4) is 0 Å². The highest BCUT2D eigenvalue weighted by Crippen LogP contribution is 2.32. The zero-order chi connectivity index (χ0) is 9.26. The maximum atomic E-state index is 9.68. The largest absolute Gasteiger partial charge is 0.379 e. The Labute approximate surface area is 80.1 Å². The standard InChI is InChI=1S/C10H20N2O/c1-8(13)12(9-2-3-9)10-4-6-11-7-5-10/h8-11,13H,2-7H2,1H3. The van der Waals surface area contributed by atoms with E-state index in [1.54, 1.807) is 0 Å². The first-order valence-electron chi connectivity index (χ1n) is 5.45. The summed E-state index contributed by atoms with van der Waals surface area (Å²) in [6.45, 7) is 4.13. The van der Waals surface area contributed by atoms with Gasteiger partial charge < -0.3 is 10.4 Å². The zero-order valence-electron chi connectivity index (χ0n) is 8.37. The van der Waals surface area contributed by atoms with Gasteiger partial charge in [0, 0.05) is 12.1 Å². The maximum absolute atomic E-state index is 9.68. The Kier molecular flexibility index (Phi) is 2.86. The van der Waals surface area contributed by atoms with Gasteiger partial charge in [0.1, 0.15) is 6.23 Å². The quantitative estimate of drug-likeness (QED) is 0.628. The predicted octanol–water partition coefficient (Wildman–Crippen LogP) is 0.541. The number of hydrogen-bond donors (Lipinski definition) is 2. The van der Waals surface area contributed by atoms with E-state index < -0.39 is 0 Å². The van der Waals surface area contributed by atoms with Crippen LogP contribution >= 0.6 is 0 Å². The number of rotatable bonds is 3. The first-order valence-corrected chi connectivity index (χ1v) is 5.45. The molecule has 0 spiro atoms. The molecule has 0 aromatic heterocycles. The summed E-state index contributed by atoms with van der Waals surface area (Å²) < 4.78 is 0. The minimum Gasteiger partial charge on any atom is -0.379 e. The van der Waals surface area contributed by atoms with Gasteiger partial charge in [0.05, 0.1) is 0 Å². The Hall–Kier alpha value is -0.120.